The zero-order chi connectivity index (χ0) is 8.32. The summed E-state index contributed by atoms with van der Waals surface area (Å²) in [6, 6.07) is 0. The lowest BCUT2D eigenvalue weighted by atomic mass is 9.98. The van der Waals surface area contributed by atoms with E-state index in [0.717, 1.165) is 26.2 Å². The summed E-state index contributed by atoms with van der Waals surface area (Å²) in [6.07, 6.45) is 1.42. The molecular formula is C9H18O2. The molecule has 1 atom stereocenters. The highest BCUT2D eigenvalue weighted by atomic mass is 16.5. The largest absolute Gasteiger partial charge is 0.379 e. The molecule has 1 aliphatic rings. The minimum absolute atomic E-state index is 0.280. The van der Waals surface area contributed by atoms with Crippen molar-refractivity contribution in [2.75, 3.05) is 19.8 Å². The standard InChI is InChI=1S/C9H18O2/c1-9(2,3)7-11-8-4-5-10-6-8/h8H,4-7H2,1-3H3/t8-/m0/s1. The van der Waals surface area contributed by atoms with Crippen molar-refractivity contribution >= 4 is 0 Å². The number of rotatable bonds is 2. The highest BCUT2D eigenvalue weighted by Gasteiger charge is 2.19. The van der Waals surface area contributed by atoms with Gasteiger partial charge in [-0.15, -0.1) is 0 Å². The molecule has 1 rings (SSSR count). The quantitative estimate of drug-likeness (QED) is 0.610. The molecule has 0 radical (unpaired) electrons. The lowest BCUT2D eigenvalue weighted by Crippen LogP contribution is -2.21. The van der Waals surface area contributed by atoms with Gasteiger partial charge in [-0.2, -0.15) is 0 Å². The summed E-state index contributed by atoms with van der Waals surface area (Å²) >= 11 is 0. The maximum Gasteiger partial charge on any atom is 0.0830 e. The van der Waals surface area contributed by atoms with E-state index in [-0.39, 0.29) is 5.41 Å². The third-order valence-corrected chi connectivity index (χ3v) is 1.64. The van der Waals surface area contributed by atoms with Crippen LogP contribution in [0.5, 0.6) is 0 Å². The van der Waals surface area contributed by atoms with Crippen molar-refractivity contribution in [3.05, 3.63) is 0 Å². The molecule has 1 heterocycles. The summed E-state index contributed by atoms with van der Waals surface area (Å²) in [5.41, 5.74) is 0.280. The third kappa shape index (κ3) is 3.73. The van der Waals surface area contributed by atoms with Crippen molar-refractivity contribution in [1.82, 2.24) is 0 Å². The van der Waals surface area contributed by atoms with Crippen molar-refractivity contribution in [3.63, 3.8) is 0 Å². The first-order chi connectivity index (χ1) is 5.08. The average Bonchev–Trinajstić information content (AvgIpc) is 2.32. The SMILES string of the molecule is CC(C)(C)CO[C@H]1CCOC1. The van der Waals surface area contributed by atoms with Crippen LogP contribution in [0.1, 0.15) is 27.2 Å². The van der Waals surface area contributed by atoms with Crippen molar-refractivity contribution in [2.24, 2.45) is 5.41 Å². The van der Waals surface area contributed by atoms with Gasteiger partial charge in [0.15, 0.2) is 0 Å². The van der Waals surface area contributed by atoms with E-state index in [1.165, 1.54) is 0 Å². The zero-order valence-corrected chi connectivity index (χ0v) is 7.72. The fraction of sp³-hybridized carbons (Fsp3) is 1.00. The van der Waals surface area contributed by atoms with Crippen LogP contribution in [-0.2, 0) is 9.47 Å². The van der Waals surface area contributed by atoms with Crippen molar-refractivity contribution in [1.29, 1.82) is 0 Å². The predicted octanol–water partition coefficient (Wildman–Crippen LogP) is 1.84. The predicted molar refractivity (Wildman–Crippen MR) is 44.6 cm³/mol. The molecule has 11 heavy (non-hydrogen) atoms. The molecule has 0 aliphatic carbocycles. The van der Waals surface area contributed by atoms with Crippen LogP contribution in [0.2, 0.25) is 0 Å². The molecule has 1 aliphatic heterocycles. The number of hydrogen-bond donors (Lipinski definition) is 0. The van der Waals surface area contributed by atoms with E-state index in [0.29, 0.717) is 6.10 Å². The van der Waals surface area contributed by atoms with Crippen LogP contribution in [0.15, 0.2) is 0 Å². The van der Waals surface area contributed by atoms with Crippen LogP contribution in [-0.4, -0.2) is 25.9 Å². The molecule has 66 valence electrons. The number of hydrogen-bond acceptors (Lipinski definition) is 2. The third-order valence-electron chi connectivity index (χ3n) is 1.64. The van der Waals surface area contributed by atoms with E-state index in [9.17, 15) is 0 Å². The molecule has 0 aromatic carbocycles. The van der Waals surface area contributed by atoms with Crippen molar-refractivity contribution in [2.45, 2.75) is 33.3 Å². The minimum atomic E-state index is 0.280. The molecule has 0 amide bonds. The summed E-state index contributed by atoms with van der Waals surface area (Å²) in [7, 11) is 0. The Kier molecular flexibility index (Phi) is 2.90. The van der Waals surface area contributed by atoms with Gasteiger partial charge in [-0.25, -0.2) is 0 Å². The summed E-state index contributed by atoms with van der Waals surface area (Å²) in [5, 5.41) is 0. The Labute approximate surface area is 68.9 Å². The van der Waals surface area contributed by atoms with Crippen LogP contribution in [0, 0.1) is 5.41 Å². The number of ether oxygens (including phenoxy) is 2. The molecule has 0 aromatic heterocycles. The molecule has 0 unspecified atom stereocenters. The van der Waals surface area contributed by atoms with Gasteiger partial charge in [0.1, 0.15) is 0 Å². The Morgan fingerprint density at radius 1 is 1.45 bits per heavy atom. The van der Waals surface area contributed by atoms with E-state index >= 15 is 0 Å². The van der Waals surface area contributed by atoms with Crippen LogP contribution in [0.25, 0.3) is 0 Å². The smallest absolute Gasteiger partial charge is 0.0830 e. The molecule has 0 saturated carbocycles. The van der Waals surface area contributed by atoms with E-state index in [4.69, 9.17) is 9.47 Å². The lowest BCUT2D eigenvalue weighted by molar-refractivity contribution is 0.00396. The summed E-state index contributed by atoms with van der Waals surface area (Å²) < 4.78 is 10.8. The molecule has 0 spiro atoms. The fourth-order valence-electron chi connectivity index (χ4n) is 1.01. The normalized spacial score (nSPS) is 25.9. The molecular weight excluding hydrogens is 140 g/mol. The first-order valence-corrected chi connectivity index (χ1v) is 4.27. The van der Waals surface area contributed by atoms with E-state index in [2.05, 4.69) is 20.8 Å². The molecule has 0 N–H and O–H groups in total. The van der Waals surface area contributed by atoms with Gasteiger partial charge in [0, 0.05) is 6.61 Å². The first-order valence-electron chi connectivity index (χ1n) is 4.27. The maximum absolute atomic E-state index is 5.64. The van der Waals surface area contributed by atoms with Gasteiger partial charge in [0.2, 0.25) is 0 Å². The average molecular weight is 158 g/mol. The van der Waals surface area contributed by atoms with E-state index in [1.54, 1.807) is 0 Å². The van der Waals surface area contributed by atoms with Crippen LogP contribution >= 0.6 is 0 Å². The van der Waals surface area contributed by atoms with Gasteiger partial charge in [0.05, 0.1) is 19.3 Å². The van der Waals surface area contributed by atoms with Crippen molar-refractivity contribution in [3.8, 4) is 0 Å². The Balaban J connectivity index is 2.11. The summed E-state index contributed by atoms with van der Waals surface area (Å²) in [6.45, 7) is 9.04. The lowest BCUT2D eigenvalue weighted by Gasteiger charge is -2.20. The van der Waals surface area contributed by atoms with Crippen LogP contribution < -0.4 is 0 Å². The molecule has 0 bridgehead atoms. The van der Waals surface area contributed by atoms with Gasteiger partial charge in [0.25, 0.3) is 0 Å². The molecule has 1 fully saturated rings. The highest BCUT2D eigenvalue weighted by molar-refractivity contribution is 4.66. The second-order valence-corrected chi connectivity index (χ2v) is 4.36. The minimum Gasteiger partial charge on any atom is -0.379 e. The zero-order valence-electron chi connectivity index (χ0n) is 7.72. The fourth-order valence-corrected chi connectivity index (χ4v) is 1.01. The van der Waals surface area contributed by atoms with E-state index < -0.39 is 0 Å². The summed E-state index contributed by atoms with van der Waals surface area (Å²) in [5.74, 6) is 0. The van der Waals surface area contributed by atoms with E-state index in [1.807, 2.05) is 0 Å². The second-order valence-electron chi connectivity index (χ2n) is 4.36. The van der Waals surface area contributed by atoms with Crippen molar-refractivity contribution < 1.29 is 9.47 Å². The van der Waals surface area contributed by atoms with Gasteiger partial charge in [-0.05, 0) is 11.8 Å². The Morgan fingerprint density at radius 3 is 2.64 bits per heavy atom. The summed E-state index contributed by atoms with van der Waals surface area (Å²) in [4.78, 5) is 0. The Morgan fingerprint density at radius 2 is 2.18 bits per heavy atom. The van der Waals surface area contributed by atoms with Crippen LogP contribution in [0.4, 0.5) is 0 Å². The van der Waals surface area contributed by atoms with Gasteiger partial charge < -0.3 is 9.47 Å². The Hall–Kier alpha value is -0.0800. The topological polar surface area (TPSA) is 18.5 Å². The molecule has 1 saturated heterocycles. The second kappa shape index (κ2) is 3.55. The van der Waals surface area contributed by atoms with Gasteiger partial charge in [-0.3, -0.25) is 0 Å². The Bertz CT molecular complexity index is 109. The van der Waals surface area contributed by atoms with Gasteiger partial charge >= 0.3 is 0 Å². The molecule has 2 nitrogen and oxygen atoms in total. The molecule has 0 aromatic rings. The van der Waals surface area contributed by atoms with Crippen LogP contribution in [0.3, 0.4) is 0 Å². The van der Waals surface area contributed by atoms with Gasteiger partial charge in [-0.1, -0.05) is 20.8 Å². The maximum atomic E-state index is 5.64. The first kappa shape index (κ1) is 9.01. The molecule has 2 heteroatoms. The monoisotopic (exact) mass is 158 g/mol. The highest BCUT2D eigenvalue weighted by Crippen LogP contribution is 2.16.